The number of aliphatic hydroxyl groups is 1. The molecule has 1 fully saturated rings. The number of aliphatic hydroxyl groups excluding tert-OH is 1. The first-order valence-corrected chi connectivity index (χ1v) is 8.17. The van der Waals surface area contributed by atoms with Crippen molar-refractivity contribution in [3.8, 4) is 0 Å². The Kier molecular flexibility index (Phi) is 5.28. The number of benzene rings is 1. The number of rotatable bonds is 4. The van der Waals surface area contributed by atoms with Crippen molar-refractivity contribution in [2.45, 2.75) is 43.6 Å². The predicted octanol–water partition coefficient (Wildman–Crippen LogP) is 2.58. The number of hydrogen-bond donors (Lipinski definition) is 2. The Morgan fingerprint density at radius 1 is 1.32 bits per heavy atom. The quantitative estimate of drug-likeness (QED) is 0.890. The van der Waals surface area contributed by atoms with Gasteiger partial charge in [-0.25, -0.2) is 0 Å². The van der Waals surface area contributed by atoms with Gasteiger partial charge in [-0.1, -0.05) is 25.0 Å². The molecule has 1 amide bonds. The Labute approximate surface area is 118 Å². The lowest BCUT2D eigenvalue weighted by molar-refractivity contribution is 0.0717. The van der Waals surface area contributed by atoms with E-state index in [0.717, 1.165) is 31.4 Å². The van der Waals surface area contributed by atoms with Crippen LogP contribution in [0.3, 0.4) is 0 Å². The third-order valence-electron chi connectivity index (χ3n) is 3.57. The molecule has 2 rings (SSSR count). The average Bonchev–Trinajstić information content (AvgIpc) is 2.42. The molecular formula is C15H21NO2S. The van der Waals surface area contributed by atoms with Gasteiger partial charge in [0.2, 0.25) is 0 Å². The third-order valence-corrected chi connectivity index (χ3v) is 4.20. The van der Waals surface area contributed by atoms with Crippen molar-refractivity contribution in [1.29, 1.82) is 0 Å². The molecule has 0 bridgehead atoms. The van der Waals surface area contributed by atoms with Crippen LogP contribution in [0, 0.1) is 0 Å². The van der Waals surface area contributed by atoms with E-state index in [2.05, 4.69) is 11.6 Å². The number of carbonyl (C=O) groups excluding carboxylic acids is 1. The van der Waals surface area contributed by atoms with Gasteiger partial charge in [0.1, 0.15) is 0 Å². The minimum absolute atomic E-state index is 0.0818. The highest BCUT2D eigenvalue weighted by Crippen LogP contribution is 2.19. The number of hydrogen-bond acceptors (Lipinski definition) is 3. The summed E-state index contributed by atoms with van der Waals surface area (Å²) in [4.78, 5) is 12.1. The van der Waals surface area contributed by atoms with E-state index in [4.69, 9.17) is 0 Å². The molecule has 1 aromatic rings. The van der Waals surface area contributed by atoms with Gasteiger partial charge in [0, 0.05) is 11.3 Å². The van der Waals surface area contributed by atoms with E-state index in [-0.39, 0.29) is 11.9 Å². The van der Waals surface area contributed by atoms with Gasteiger partial charge in [-0.2, -0.15) is 11.8 Å². The molecule has 19 heavy (non-hydrogen) atoms. The fraction of sp³-hybridized carbons (Fsp3) is 0.533. The standard InChI is InChI=1S/C15H21NO2S/c1-19-10-11-6-8-12(9-7-11)15(18)16-13-4-2-3-5-14(13)17/h6-9,13-14,17H,2-5,10H2,1H3,(H,16,18). The number of amides is 1. The number of thioether (sulfide) groups is 1. The lowest BCUT2D eigenvalue weighted by Crippen LogP contribution is -2.45. The van der Waals surface area contributed by atoms with Crippen molar-refractivity contribution in [3.63, 3.8) is 0 Å². The minimum atomic E-state index is -0.395. The Morgan fingerprint density at radius 2 is 2.00 bits per heavy atom. The maximum absolute atomic E-state index is 12.1. The first kappa shape index (κ1) is 14.4. The van der Waals surface area contributed by atoms with Crippen molar-refractivity contribution in [3.05, 3.63) is 35.4 Å². The predicted molar refractivity (Wildman–Crippen MR) is 79.4 cm³/mol. The first-order valence-electron chi connectivity index (χ1n) is 6.77. The van der Waals surface area contributed by atoms with Crippen LogP contribution in [-0.4, -0.2) is 29.4 Å². The summed E-state index contributed by atoms with van der Waals surface area (Å²) < 4.78 is 0. The highest BCUT2D eigenvalue weighted by atomic mass is 32.2. The van der Waals surface area contributed by atoms with Gasteiger partial charge >= 0.3 is 0 Å². The number of carbonyl (C=O) groups is 1. The summed E-state index contributed by atoms with van der Waals surface area (Å²) in [7, 11) is 0. The average molecular weight is 279 g/mol. The summed E-state index contributed by atoms with van der Waals surface area (Å²) in [6.07, 6.45) is 5.46. The van der Waals surface area contributed by atoms with Crippen LogP contribution in [-0.2, 0) is 5.75 Å². The van der Waals surface area contributed by atoms with E-state index in [1.54, 1.807) is 11.8 Å². The molecule has 1 aliphatic rings. The second-order valence-corrected chi connectivity index (χ2v) is 5.93. The molecule has 1 aliphatic carbocycles. The van der Waals surface area contributed by atoms with Gasteiger partial charge in [-0.3, -0.25) is 4.79 Å². The molecule has 0 radical (unpaired) electrons. The molecule has 104 valence electrons. The van der Waals surface area contributed by atoms with Crippen LogP contribution in [0.2, 0.25) is 0 Å². The van der Waals surface area contributed by atoms with Crippen molar-refractivity contribution in [2.24, 2.45) is 0 Å². The molecular weight excluding hydrogens is 258 g/mol. The van der Waals surface area contributed by atoms with E-state index >= 15 is 0 Å². The second-order valence-electron chi connectivity index (χ2n) is 5.06. The summed E-state index contributed by atoms with van der Waals surface area (Å²) in [5, 5.41) is 12.8. The molecule has 0 spiro atoms. The molecule has 2 N–H and O–H groups in total. The molecule has 3 nitrogen and oxygen atoms in total. The van der Waals surface area contributed by atoms with Crippen molar-refractivity contribution in [1.82, 2.24) is 5.32 Å². The Hall–Kier alpha value is -1.00. The maximum atomic E-state index is 12.1. The van der Waals surface area contributed by atoms with Crippen molar-refractivity contribution >= 4 is 17.7 Å². The van der Waals surface area contributed by atoms with Crippen LogP contribution in [0.25, 0.3) is 0 Å². The molecule has 4 heteroatoms. The van der Waals surface area contributed by atoms with Gasteiger partial charge in [0.25, 0.3) is 5.91 Å². The first-order chi connectivity index (χ1) is 9.20. The summed E-state index contributed by atoms with van der Waals surface area (Å²) in [6, 6.07) is 7.60. The molecule has 0 heterocycles. The largest absolute Gasteiger partial charge is 0.391 e. The Bertz CT molecular complexity index is 419. The lowest BCUT2D eigenvalue weighted by Gasteiger charge is -2.28. The van der Waals surface area contributed by atoms with Gasteiger partial charge in [0.15, 0.2) is 0 Å². The minimum Gasteiger partial charge on any atom is -0.391 e. The van der Waals surface area contributed by atoms with Crippen LogP contribution in [0.5, 0.6) is 0 Å². The zero-order valence-corrected chi connectivity index (χ0v) is 12.1. The van der Waals surface area contributed by atoms with Crippen LogP contribution in [0.15, 0.2) is 24.3 Å². The molecule has 0 aromatic heterocycles. The van der Waals surface area contributed by atoms with Crippen molar-refractivity contribution < 1.29 is 9.90 Å². The SMILES string of the molecule is CSCc1ccc(C(=O)NC2CCCCC2O)cc1. The fourth-order valence-electron chi connectivity index (χ4n) is 2.45. The second kappa shape index (κ2) is 6.96. The highest BCUT2D eigenvalue weighted by Gasteiger charge is 2.24. The number of nitrogens with one attached hydrogen (secondary N) is 1. The lowest BCUT2D eigenvalue weighted by atomic mass is 9.92. The van der Waals surface area contributed by atoms with E-state index in [1.807, 2.05) is 24.3 Å². The Morgan fingerprint density at radius 3 is 2.63 bits per heavy atom. The zero-order valence-electron chi connectivity index (χ0n) is 11.3. The summed E-state index contributed by atoms with van der Waals surface area (Å²) in [5.74, 6) is 0.880. The maximum Gasteiger partial charge on any atom is 0.251 e. The van der Waals surface area contributed by atoms with Crippen LogP contribution < -0.4 is 5.32 Å². The van der Waals surface area contributed by atoms with Gasteiger partial charge in [0.05, 0.1) is 12.1 Å². The molecule has 1 aromatic carbocycles. The van der Waals surface area contributed by atoms with Crippen LogP contribution in [0.1, 0.15) is 41.6 Å². The molecule has 2 atom stereocenters. The summed E-state index contributed by atoms with van der Waals surface area (Å²) in [6.45, 7) is 0. The normalized spacial score (nSPS) is 23.1. The molecule has 0 saturated heterocycles. The monoisotopic (exact) mass is 279 g/mol. The van der Waals surface area contributed by atoms with Gasteiger partial charge in [-0.15, -0.1) is 0 Å². The topological polar surface area (TPSA) is 49.3 Å². The van der Waals surface area contributed by atoms with E-state index in [9.17, 15) is 9.90 Å². The molecule has 0 aliphatic heterocycles. The fourth-order valence-corrected chi connectivity index (χ4v) is 2.98. The zero-order chi connectivity index (χ0) is 13.7. The molecule has 1 saturated carbocycles. The van der Waals surface area contributed by atoms with Crippen LogP contribution >= 0.6 is 11.8 Å². The van der Waals surface area contributed by atoms with E-state index in [0.29, 0.717) is 5.56 Å². The highest BCUT2D eigenvalue weighted by molar-refractivity contribution is 7.97. The van der Waals surface area contributed by atoms with Crippen molar-refractivity contribution in [2.75, 3.05) is 6.26 Å². The van der Waals surface area contributed by atoms with Gasteiger partial charge in [-0.05, 0) is 36.8 Å². The molecule has 2 unspecified atom stereocenters. The summed E-state index contributed by atoms with van der Waals surface area (Å²) >= 11 is 1.76. The Balaban J connectivity index is 1.95. The third kappa shape index (κ3) is 3.98. The van der Waals surface area contributed by atoms with E-state index < -0.39 is 6.10 Å². The van der Waals surface area contributed by atoms with Gasteiger partial charge < -0.3 is 10.4 Å². The summed E-state index contributed by atoms with van der Waals surface area (Å²) in [5.41, 5.74) is 1.89. The van der Waals surface area contributed by atoms with Crippen LogP contribution in [0.4, 0.5) is 0 Å². The smallest absolute Gasteiger partial charge is 0.251 e. The van der Waals surface area contributed by atoms with E-state index in [1.165, 1.54) is 5.56 Å².